The molecule has 250 valence electrons. The molecule has 0 aromatic carbocycles. The second kappa shape index (κ2) is 20.7. The SMILES string of the molecule is C[C@H](N)C(=O)N[C@@H](CCCCN)C(=O)N[C@@H](C)C(=O)N[C@@H](CO)C(=O)N[C@@H](CCC(N)=O)C(=O)N[C@@H](C)C(=O)N[C@@H](C)C=O. The van der Waals surface area contributed by atoms with Crippen molar-refractivity contribution in [3.05, 3.63) is 0 Å². The first-order valence-electron chi connectivity index (χ1n) is 14.2. The van der Waals surface area contributed by atoms with Gasteiger partial charge in [0.05, 0.1) is 18.7 Å². The molecule has 0 aliphatic heterocycles. The average molecular weight is 630 g/mol. The van der Waals surface area contributed by atoms with Crippen molar-refractivity contribution < 1.29 is 43.5 Å². The van der Waals surface area contributed by atoms with Crippen LogP contribution in [0.15, 0.2) is 0 Å². The molecule has 18 heteroatoms. The maximum absolute atomic E-state index is 12.9. The Balaban J connectivity index is 5.46. The van der Waals surface area contributed by atoms with E-state index in [1.54, 1.807) is 0 Å². The molecule has 0 radical (unpaired) electrons. The first-order chi connectivity index (χ1) is 20.6. The number of carbonyl (C=O) groups excluding carboxylic acids is 8. The smallest absolute Gasteiger partial charge is 0.245 e. The van der Waals surface area contributed by atoms with Gasteiger partial charge in [0.15, 0.2) is 0 Å². The minimum atomic E-state index is -1.59. The summed E-state index contributed by atoms with van der Waals surface area (Å²) in [6, 6.07) is -8.06. The Labute approximate surface area is 255 Å². The number of primary amides is 1. The van der Waals surface area contributed by atoms with Gasteiger partial charge in [-0.1, -0.05) is 0 Å². The quantitative estimate of drug-likeness (QED) is 0.0423. The topological polar surface area (TPSA) is 307 Å². The number of aliphatic hydroxyl groups excluding tert-OH is 1. The number of aldehydes is 1. The van der Waals surface area contributed by atoms with Crippen LogP contribution in [0.5, 0.6) is 0 Å². The van der Waals surface area contributed by atoms with Gasteiger partial charge in [-0.3, -0.25) is 33.6 Å². The van der Waals surface area contributed by atoms with Crippen molar-refractivity contribution in [2.75, 3.05) is 13.2 Å². The van der Waals surface area contributed by atoms with Crippen LogP contribution < -0.4 is 49.1 Å². The predicted octanol–water partition coefficient (Wildman–Crippen LogP) is -5.11. The van der Waals surface area contributed by atoms with Crippen LogP contribution in [0.25, 0.3) is 0 Å². The standard InChI is InChI=1S/C26H47N9O9/c1-13(11-36)30-22(40)15(3)31-25(43)18(8-9-20(29)38)34-26(44)19(12-37)35-23(41)16(4)32-24(42)17(7-5-6-10-27)33-21(39)14(2)28/h11,13-19,37H,5-10,12,27-28H2,1-4H3,(H2,29,38)(H,30,40)(H,31,43)(H,32,42)(H,33,39)(H,34,44)(H,35,41)/t13-,14-,15-,16-,17-,18-,19-/m0/s1. The highest BCUT2D eigenvalue weighted by Gasteiger charge is 2.31. The second-order valence-corrected chi connectivity index (χ2v) is 10.3. The monoisotopic (exact) mass is 629 g/mol. The molecule has 13 N–H and O–H groups in total. The van der Waals surface area contributed by atoms with Crippen LogP contribution >= 0.6 is 0 Å². The minimum absolute atomic E-state index is 0.225. The third-order valence-corrected chi connectivity index (χ3v) is 6.20. The minimum Gasteiger partial charge on any atom is -0.394 e. The molecule has 44 heavy (non-hydrogen) atoms. The van der Waals surface area contributed by atoms with Gasteiger partial charge in [0.25, 0.3) is 0 Å². The van der Waals surface area contributed by atoms with Gasteiger partial charge in [0.2, 0.25) is 41.4 Å². The highest BCUT2D eigenvalue weighted by atomic mass is 16.3. The summed E-state index contributed by atoms with van der Waals surface area (Å²) in [5.74, 6) is -5.50. The van der Waals surface area contributed by atoms with E-state index in [2.05, 4.69) is 31.9 Å². The van der Waals surface area contributed by atoms with Gasteiger partial charge in [-0.2, -0.15) is 0 Å². The van der Waals surface area contributed by atoms with Crippen molar-refractivity contribution in [3.8, 4) is 0 Å². The summed E-state index contributed by atoms with van der Waals surface area (Å²) in [6.07, 6.45) is 1.20. The molecule has 0 saturated heterocycles. The van der Waals surface area contributed by atoms with Crippen molar-refractivity contribution in [2.24, 2.45) is 17.2 Å². The fourth-order valence-corrected chi connectivity index (χ4v) is 3.53. The highest BCUT2D eigenvalue weighted by molar-refractivity contribution is 5.96. The lowest BCUT2D eigenvalue weighted by Gasteiger charge is -2.25. The Morgan fingerprint density at radius 3 is 1.57 bits per heavy atom. The third-order valence-electron chi connectivity index (χ3n) is 6.20. The Hall–Kier alpha value is -4.16. The van der Waals surface area contributed by atoms with Crippen LogP contribution in [0.3, 0.4) is 0 Å². The van der Waals surface area contributed by atoms with Crippen LogP contribution in [0.1, 0.15) is 59.8 Å². The molecule has 7 amide bonds. The molecule has 7 atom stereocenters. The van der Waals surface area contributed by atoms with Gasteiger partial charge in [0, 0.05) is 6.42 Å². The molecule has 0 rings (SSSR count). The predicted molar refractivity (Wildman–Crippen MR) is 157 cm³/mol. The number of rotatable bonds is 21. The van der Waals surface area contributed by atoms with Gasteiger partial charge in [-0.25, -0.2) is 0 Å². The number of aliphatic hydroxyl groups is 1. The van der Waals surface area contributed by atoms with Crippen LogP contribution in [-0.4, -0.2) is 108 Å². The van der Waals surface area contributed by atoms with Crippen molar-refractivity contribution in [2.45, 2.75) is 102 Å². The van der Waals surface area contributed by atoms with Crippen LogP contribution in [-0.2, 0) is 38.4 Å². The number of hydrogen-bond acceptors (Lipinski definition) is 11. The maximum atomic E-state index is 12.9. The molecule has 0 aromatic heterocycles. The molecule has 0 saturated carbocycles. The molecular weight excluding hydrogens is 582 g/mol. The first kappa shape index (κ1) is 39.8. The molecule has 0 aromatic rings. The number of unbranched alkanes of at least 4 members (excludes halogenated alkanes) is 1. The fourth-order valence-electron chi connectivity index (χ4n) is 3.53. The van der Waals surface area contributed by atoms with Crippen molar-refractivity contribution in [3.63, 3.8) is 0 Å². The lowest BCUT2D eigenvalue weighted by Crippen LogP contribution is -2.59. The Bertz CT molecular complexity index is 1020. The molecule has 0 aliphatic carbocycles. The molecule has 0 unspecified atom stereocenters. The molecule has 0 spiro atoms. The summed E-state index contributed by atoms with van der Waals surface area (Å²) in [5.41, 5.74) is 16.2. The Morgan fingerprint density at radius 1 is 0.659 bits per heavy atom. The van der Waals surface area contributed by atoms with Crippen LogP contribution in [0, 0.1) is 0 Å². The lowest BCUT2D eigenvalue weighted by molar-refractivity contribution is -0.135. The molecule has 0 fully saturated rings. The van der Waals surface area contributed by atoms with Crippen LogP contribution in [0.4, 0.5) is 0 Å². The van der Waals surface area contributed by atoms with E-state index in [4.69, 9.17) is 17.2 Å². The van der Waals surface area contributed by atoms with Crippen molar-refractivity contribution >= 4 is 47.6 Å². The average Bonchev–Trinajstić information content (AvgIpc) is 2.96. The highest BCUT2D eigenvalue weighted by Crippen LogP contribution is 2.04. The van der Waals surface area contributed by atoms with Crippen molar-refractivity contribution in [1.82, 2.24) is 31.9 Å². The second-order valence-electron chi connectivity index (χ2n) is 10.3. The van der Waals surface area contributed by atoms with E-state index in [9.17, 15) is 43.5 Å². The summed E-state index contributed by atoms with van der Waals surface area (Å²) >= 11 is 0. The Kier molecular flexibility index (Phi) is 18.7. The zero-order valence-corrected chi connectivity index (χ0v) is 25.5. The normalized spacial score (nSPS) is 15.5. The summed E-state index contributed by atoms with van der Waals surface area (Å²) in [4.78, 5) is 97.7. The van der Waals surface area contributed by atoms with E-state index >= 15 is 0 Å². The number of nitrogens with one attached hydrogen (secondary N) is 6. The van der Waals surface area contributed by atoms with E-state index < -0.39 is 90.3 Å². The first-order valence-corrected chi connectivity index (χ1v) is 14.2. The number of carbonyl (C=O) groups is 8. The number of nitrogens with two attached hydrogens (primary N) is 3. The van der Waals surface area contributed by atoms with E-state index in [1.165, 1.54) is 27.7 Å². The van der Waals surface area contributed by atoms with E-state index in [1.807, 2.05) is 0 Å². The van der Waals surface area contributed by atoms with Gasteiger partial charge < -0.3 is 59.0 Å². The van der Waals surface area contributed by atoms with Gasteiger partial charge in [-0.15, -0.1) is 0 Å². The summed E-state index contributed by atoms with van der Waals surface area (Å²) in [5, 5.41) is 24.0. The van der Waals surface area contributed by atoms with Gasteiger partial charge >= 0.3 is 0 Å². The Morgan fingerprint density at radius 2 is 1.11 bits per heavy atom. The molecular formula is C26H47N9O9. The molecule has 0 bridgehead atoms. The fraction of sp³-hybridized carbons (Fsp3) is 0.692. The largest absolute Gasteiger partial charge is 0.394 e. The third kappa shape index (κ3) is 15.4. The summed E-state index contributed by atoms with van der Waals surface area (Å²) in [7, 11) is 0. The number of hydrogen-bond donors (Lipinski definition) is 10. The van der Waals surface area contributed by atoms with Crippen LogP contribution in [0.2, 0.25) is 0 Å². The lowest BCUT2D eigenvalue weighted by atomic mass is 10.1. The zero-order valence-electron chi connectivity index (χ0n) is 25.5. The summed E-state index contributed by atoms with van der Waals surface area (Å²) < 4.78 is 0. The molecule has 18 nitrogen and oxygen atoms in total. The van der Waals surface area contributed by atoms with E-state index in [0.717, 1.165) is 0 Å². The molecule has 0 aliphatic rings. The summed E-state index contributed by atoms with van der Waals surface area (Å²) in [6.45, 7) is 4.97. The van der Waals surface area contributed by atoms with Gasteiger partial charge in [-0.05, 0) is 59.9 Å². The molecule has 0 heterocycles. The number of amides is 7. The zero-order chi connectivity index (χ0) is 34.0. The van der Waals surface area contributed by atoms with Gasteiger partial charge in [0.1, 0.15) is 36.5 Å². The maximum Gasteiger partial charge on any atom is 0.245 e. The van der Waals surface area contributed by atoms with Crippen molar-refractivity contribution in [1.29, 1.82) is 0 Å². The van der Waals surface area contributed by atoms with E-state index in [0.29, 0.717) is 25.7 Å². The van der Waals surface area contributed by atoms with E-state index in [-0.39, 0.29) is 19.3 Å².